The molecule has 0 spiro atoms. The molecule has 1 aliphatic rings. The Morgan fingerprint density at radius 2 is 2.35 bits per heavy atom. The van der Waals surface area contributed by atoms with E-state index in [2.05, 4.69) is 17.6 Å². The van der Waals surface area contributed by atoms with E-state index >= 15 is 0 Å². The van der Waals surface area contributed by atoms with Gasteiger partial charge < -0.3 is 10.1 Å². The predicted octanol–water partition coefficient (Wildman–Crippen LogP) is 1.93. The van der Waals surface area contributed by atoms with Gasteiger partial charge in [-0.25, -0.2) is 0 Å². The van der Waals surface area contributed by atoms with Gasteiger partial charge in [0, 0.05) is 11.6 Å². The molecule has 2 rings (SSSR count). The molecule has 2 N–H and O–H groups in total. The fourth-order valence-corrected chi connectivity index (χ4v) is 2.98. The number of para-hydroxylation sites is 1. The Morgan fingerprint density at radius 1 is 1.55 bits per heavy atom. The number of nitrogens with one attached hydrogen (secondary N) is 2. The van der Waals surface area contributed by atoms with Gasteiger partial charge in [-0.2, -0.15) is 0 Å². The summed E-state index contributed by atoms with van der Waals surface area (Å²) >= 11 is 1.75. The van der Waals surface area contributed by atoms with E-state index in [1.165, 1.54) is 0 Å². The van der Waals surface area contributed by atoms with E-state index in [0.29, 0.717) is 6.54 Å². The van der Waals surface area contributed by atoms with E-state index in [1.54, 1.807) is 11.8 Å². The number of carbonyl (C=O) groups excluding carboxylic acids is 1. The maximum Gasteiger partial charge on any atom is 0.238 e. The van der Waals surface area contributed by atoms with Crippen molar-refractivity contribution in [2.45, 2.75) is 32.4 Å². The Bertz CT molecular complexity index is 447. The zero-order valence-electron chi connectivity index (χ0n) is 12.0. The minimum Gasteiger partial charge on any atom is -0.488 e. The zero-order chi connectivity index (χ0) is 14.4. The molecule has 1 saturated heterocycles. The fraction of sp³-hybridized carbons (Fsp3) is 0.533. The van der Waals surface area contributed by atoms with Gasteiger partial charge in [-0.3, -0.25) is 10.1 Å². The van der Waals surface area contributed by atoms with Crippen LogP contribution in [0.1, 0.15) is 18.9 Å². The maximum atomic E-state index is 11.9. The normalized spacial score (nSPS) is 19.6. The Kier molecular flexibility index (Phi) is 5.73. The third-order valence-electron chi connectivity index (χ3n) is 3.38. The molecule has 5 heteroatoms. The Morgan fingerprint density at radius 3 is 3.00 bits per heavy atom. The van der Waals surface area contributed by atoms with Crippen LogP contribution in [0.15, 0.2) is 24.3 Å². The standard InChI is InChI=1S/C15H22N2O2S/c1-3-12(19-14-7-5-4-6-11(14)2)8-16-15(18)13-9-20-10-17-13/h4-7,12-13,17H,3,8-10H2,1-2H3,(H,16,18). The van der Waals surface area contributed by atoms with Gasteiger partial charge in [0.25, 0.3) is 0 Å². The summed E-state index contributed by atoms with van der Waals surface area (Å²) in [5, 5.41) is 6.14. The summed E-state index contributed by atoms with van der Waals surface area (Å²) in [5.41, 5.74) is 1.12. The second-order valence-corrected chi connectivity index (χ2v) is 5.96. The monoisotopic (exact) mass is 294 g/mol. The first-order chi connectivity index (χ1) is 9.70. The molecule has 20 heavy (non-hydrogen) atoms. The van der Waals surface area contributed by atoms with Crippen LogP contribution in [-0.2, 0) is 4.79 Å². The van der Waals surface area contributed by atoms with Crippen LogP contribution >= 0.6 is 11.8 Å². The first-order valence-corrected chi connectivity index (χ1v) is 8.17. The molecule has 1 aliphatic heterocycles. The molecular weight excluding hydrogens is 272 g/mol. The topological polar surface area (TPSA) is 50.4 Å². The minimum absolute atomic E-state index is 0.00843. The van der Waals surface area contributed by atoms with Gasteiger partial charge in [-0.15, -0.1) is 11.8 Å². The molecule has 1 aromatic carbocycles. The number of aryl methyl sites for hydroxylation is 1. The van der Waals surface area contributed by atoms with Crippen molar-refractivity contribution >= 4 is 17.7 Å². The van der Waals surface area contributed by atoms with Crippen LogP contribution in [0.3, 0.4) is 0 Å². The van der Waals surface area contributed by atoms with Gasteiger partial charge in [0.05, 0.1) is 12.6 Å². The molecule has 1 fully saturated rings. The van der Waals surface area contributed by atoms with E-state index in [4.69, 9.17) is 4.74 Å². The number of amides is 1. The van der Waals surface area contributed by atoms with Crippen LogP contribution in [0.5, 0.6) is 5.75 Å². The minimum atomic E-state index is -0.0593. The number of thioether (sulfide) groups is 1. The maximum absolute atomic E-state index is 11.9. The highest BCUT2D eigenvalue weighted by Crippen LogP contribution is 2.18. The molecule has 4 nitrogen and oxygen atoms in total. The summed E-state index contributed by atoms with van der Waals surface area (Å²) in [5.74, 6) is 2.67. The number of hydrogen-bond donors (Lipinski definition) is 2. The van der Waals surface area contributed by atoms with Gasteiger partial charge in [0.15, 0.2) is 0 Å². The fourth-order valence-electron chi connectivity index (χ4n) is 2.04. The van der Waals surface area contributed by atoms with Crippen molar-refractivity contribution in [2.75, 3.05) is 18.2 Å². The van der Waals surface area contributed by atoms with Gasteiger partial charge in [0.1, 0.15) is 11.9 Å². The molecule has 0 aliphatic carbocycles. The lowest BCUT2D eigenvalue weighted by Crippen LogP contribution is -2.45. The molecule has 1 amide bonds. The van der Waals surface area contributed by atoms with Crippen LogP contribution < -0.4 is 15.4 Å². The highest BCUT2D eigenvalue weighted by molar-refractivity contribution is 7.99. The first kappa shape index (κ1) is 15.2. The van der Waals surface area contributed by atoms with Crippen LogP contribution in [0.4, 0.5) is 0 Å². The molecule has 0 bridgehead atoms. The highest BCUT2D eigenvalue weighted by Gasteiger charge is 2.23. The SMILES string of the molecule is CCC(CNC(=O)C1CSCN1)Oc1ccccc1C. The number of hydrogen-bond acceptors (Lipinski definition) is 4. The summed E-state index contributed by atoms with van der Waals surface area (Å²) in [6, 6.07) is 7.90. The van der Waals surface area contributed by atoms with Crippen LogP contribution in [0, 0.1) is 6.92 Å². The van der Waals surface area contributed by atoms with Crippen molar-refractivity contribution in [3.63, 3.8) is 0 Å². The molecule has 2 unspecified atom stereocenters. The number of benzene rings is 1. The van der Waals surface area contributed by atoms with Crippen LogP contribution in [-0.4, -0.2) is 36.2 Å². The molecule has 1 aromatic rings. The summed E-state index contributed by atoms with van der Waals surface area (Å²) < 4.78 is 5.97. The van der Waals surface area contributed by atoms with Crippen LogP contribution in [0.25, 0.3) is 0 Å². The van der Waals surface area contributed by atoms with Crippen LogP contribution in [0.2, 0.25) is 0 Å². The zero-order valence-corrected chi connectivity index (χ0v) is 12.8. The molecule has 0 saturated carbocycles. The third kappa shape index (κ3) is 4.15. The number of ether oxygens (including phenoxy) is 1. The summed E-state index contributed by atoms with van der Waals surface area (Å²) in [6.07, 6.45) is 0.871. The lowest BCUT2D eigenvalue weighted by Gasteiger charge is -2.20. The van der Waals surface area contributed by atoms with Crippen molar-refractivity contribution in [1.82, 2.24) is 10.6 Å². The van der Waals surface area contributed by atoms with E-state index < -0.39 is 0 Å². The molecule has 110 valence electrons. The summed E-state index contributed by atoms with van der Waals surface area (Å²) in [4.78, 5) is 11.9. The second kappa shape index (κ2) is 7.55. The molecule has 2 atom stereocenters. The lowest BCUT2D eigenvalue weighted by atomic mass is 10.2. The Labute approximate surface area is 124 Å². The van der Waals surface area contributed by atoms with Crippen molar-refractivity contribution in [2.24, 2.45) is 0 Å². The van der Waals surface area contributed by atoms with E-state index in [0.717, 1.165) is 29.4 Å². The highest BCUT2D eigenvalue weighted by atomic mass is 32.2. The third-order valence-corrected chi connectivity index (χ3v) is 4.32. The number of carbonyl (C=O) groups is 1. The quantitative estimate of drug-likeness (QED) is 0.842. The molecule has 0 radical (unpaired) electrons. The smallest absolute Gasteiger partial charge is 0.238 e. The average Bonchev–Trinajstić information content (AvgIpc) is 2.99. The summed E-state index contributed by atoms with van der Waals surface area (Å²) in [6.45, 7) is 4.64. The van der Waals surface area contributed by atoms with Crippen molar-refractivity contribution < 1.29 is 9.53 Å². The molecule has 0 aromatic heterocycles. The van der Waals surface area contributed by atoms with Gasteiger partial charge in [-0.05, 0) is 25.0 Å². The van der Waals surface area contributed by atoms with Gasteiger partial charge in [0.2, 0.25) is 5.91 Å². The summed E-state index contributed by atoms with van der Waals surface area (Å²) in [7, 11) is 0. The largest absolute Gasteiger partial charge is 0.488 e. The van der Waals surface area contributed by atoms with Crippen molar-refractivity contribution in [1.29, 1.82) is 0 Å². The first-order valence-electron chi connectivity index (χ1n) is 7.01. The Balaban J connectivity index is 1.83. The Hall–Kier alpha value is -1.20. The van der Waals surface area contributed by atoms with E-state index in [1.807, 2.05) is 31.2 Å². The number of rotatable bonds is 6. The van der Waals surface area contributed by atoms with E-state index in [9.17, 15) is 4.79 Å². The molecule has 1 heterocycles. The van der Waals surface area contributed by atoms with Gasteiger partial charge in [-0.1, -0.05) is 25.1 Å². The molecular formula is C15H22N2O2S. The van der Waals surface area contributed by atoms with E-state index in [-0.39, 0.29) is 18.1 Å². The van der Waals surface area contributed by atoms with Crippen molar-refractivity contribution in [3.05, 3.63) is 29.8 Å². The second-order valence-electron chi connectivity index (χ2n) is 4.93. The lowest BCUT2D eigenvalue weighted by molar-refractivity contribution is -0.122. The predicted molar refractivity (Wildman–Crippen MR) is 83.1 cm³/mol. The van der Waals surface area contributed by atoms with Gasteiger partial charge >= 0.3 is 0 Å². The average molecular weight is 294 g/mol. The van der Waals surface area contributed by atoms with Crippen molar-refractivity contribution in [3.8, 4) is 5.75 Å².